The summed E-state index contributed by atoms with van der Waals surface area (Å²) in [6, 6.07) is 18.6. The van der Waals surface area contributed by atoms with E-state index in [1.54, 1.807) is 36.4 Å². The fourth-order valence-corrected chi connectivity index (χ4v) is 4.77. The number of alkyl halides is 3. The summed E-state index contributed by atoms with van der Waals surface area (Å²) >= 11 is 0.746. The standard InChI is InChI=1S/C24H24F3NOS/c25-24(26,27)23-22(18-6-2-1-3-7-18)14-21(30-23)16-29-20-12-10-17(11-13-20)15-28-19-8-4-5-9-19/h1-3,6-7,10-14,19,28H,4-5,8-9,15-16H2. The smallest absolute Gasteiger partial charge is 0.426 e. The first kappa shape index (κ1) is 20.9. The lowest BCUT2D eigenvalue weighted by Crippen LogP contribution is -2.25. The van der Waals surface area contributed by atoms with Crippen LogP contribution in [-0.2, 0) is 19.3 Å². The van der Waals surface area contributed by atoms with E-state index in [9.17, 15) is 13.2 Å². The molecule has 0 amide bonds. The second kappa shape index (κ2) is 9.23. The van der Waals surface area contributed by atoms with Gasteiger partial charge in [0.15, 0.2) is 0 Å². The summed E-state index contributed by atoms with van der Waals surface area (Å²) < 4.78 is 46.3. The Morgan fingerprint density at radius 3 is 2.33 bits per heavy atom. The van der Waals surface area contributed by atoms with Gasteiger partial charge in [0.1, 0.15) is 17.2 Å². The SMILES string of the molecule is FC(F)(F)c1sc(COc2ccc(CNC3CCCC3)cc2)cc1-c1ccccc1. The molecule has 1 aromatic heterocycles. The summed E-state index contributed by atoms with van der Waals surface area (Å²) in [4.78, 5) is -0.0335. The molecule has 1 aliphatic rings. The zero-order valence-electron chi connectivity index (χ0n) is 16.5. The van der Waals surface area contributed by atoms with Crippen LogP contribution in [0.5, 0.6) is 5.75 Å². The van der Waals surface area contributed by atoms with Gasteiger partial charge in [-0.3, -0.25) is 0 Å². The van der Waals surface area contributed by atoms with Crippen LogP contribution in [0.3, 0.4) is 0 Å². The van der Waals surface area contributed by atoms with Crippen LogP contribution >= 0.6 is 11.3 Å². The molecule has 0 aliphatic heterocycles. The summed E-state index contributed by atoms with van der Waals surface area (Å²) in [5.41, 5.74) is 1.95. The predicted octanol–water partition coefficient (Wildman–Crippen LogP) is 7.05. The van der Waals surface area contributed by atoms with Crippen molar-refractivity contribution in [3.05, 3.63) is 76.0 Å². The molecule has 0 bridgehead atoms. The maximum absolute atomic E-state index is 13.5. The molecule has 1 aliphatic carbocycles. The Morgan fingerprint density at radius 2 is 1.67 bits per heavy atom. The molecule has 1 saturated carbocycles. The number of hydrogen-bond acceptors (Lipinski definition) is 3. The minimum Gasteiger partial charge on any atom is -0.488 e. The van der Waals surface area contributed by atoms with Crippen molar-refractivity contribution >= 4 is 11.3 Å². The fraction of sp³-hybridized carbons (Fsp3) is 0.333. The molecule has 4 rings (SSSR count). The molecule has 1 heterocycles. The van der Waals surface area contributed by atoms with Crippen LogP contribution in [-0.4, -0.2) is 6.04 Å². The molecule has 6 heteroatoms. The van der Waals surface area contributed by atoms with E-state index in [2.05, 4.69) is 5.32 Å². The second-order valence-electron chi connectivity index (χ2n) is 7.61. The second-order valence-corrected chi connectivity index (χ2v) is 8.75. The van der Waals surface area contributed by atoms with Crippen LogP contribution < -0.4 is 10.1 Å². The normalized spacial score (nSPS) is 14.9. The van der Waals surface area contributed by atoms with Crippen molar-refractivity contribution < 1.29 is 17.9 Å². The third kappa shape index (κ3) is 5.24. The first-order valence-electron chi connectivity index (χ1n) is 10.2. The van der Waals surface area contributed by atoms with E-state index in [1.807, 2.05) is 24.3 Å². The lowest BCUT2D eigenvalue weighted by molar-refractivity contribution is -0.133. The van der Waals surface area contributed by atoms with Crippen LogP contribution in [0.1, 0.15) is 41.0 Å². The summed E-state index contributed by atoms with van der Waals surface area (Å²) in [6.45, 7) is 0.936. The molecule has 158 valence electrons. The third-order valence-corrected chi connectivity index (χ3v) is 6.53. The molecule has 1 fully saturated rings. The Morgan fingerprint density at radius 1 is 0.967 bits per heavy atom. The number of thiophene rings is 1. The van der Waals surface area contributed by atoms with Gasteiger partial charge in [-0.15, -0.1) is 11.3 Å². The minimum atomic E-state index is -4.39. The topological polar surface area (TPSA) is 21.3 Å². The molecule has 2 aromatic carbocycles. The van der Waals surface area contributed by atoms with Gasteiger partial charge in [-0.2, -0.15) is 13.2 Å². The van der Waals surface area contributed by atoms with Gasteiger partial charge in [0.2, 0.25) is 0 Å². The molecule has 2 nitrogen and oxygen atoms in total. The Bertz CT molecular complexity index is 945. The van der Waals surface area contributed by atoms with Crippen LogP contribution in [0, 0.1) is 0 Å². The highest BCUT2D eigenvalue weighted by atomic mass is 32.1. The van der Waals surface area contributed by atoms with Gasteiger partial charge in [-0.05, 0) is 42.2 Å². The molecule has 1 N–H and O–H groups in total. The quantitative estimate of drug-likeness (QED) is 0.433. The monoisotopic (exact) mass is 431 g/mol. The summed E-state index contributed by atoms with van der Waals surface area (Å²) in [6.07, 6.45) is 0.701. The molecular weight excluding hydrogens is 407 g/mol. The van der Waals surface area contributed by atoms with Gasteiger partial charge in [0.05, 0.1) is 0 Å². The predicted molar refractivity (Wildman–Crippen MR) is 115 cm³/mol. The van der Waals surface area contributed by atoms with Crippen molar-refractivity contribution in [2.45, 2.75) is 51.1 Å². The first-order chi connectivity index (χ1) is 14.5. The van der Waals surface area contributed by atoms with E-state index in [0.717, 1.165) is 17.9 Å². The lowest BCUT2D eigenvalue weighted by atomic mass is 10.1. The Balaban J connectivity index is 1.40. The molecule has 0 atom stereocenters. The van der Waals surface area contributed by atoms with Crippen molar-refractivity contribution in [2.75, 3.05) is 0 Å². The van der Waals surface area contributed by atoms with Crippen molar-refractivity contribution in [2.24, 2.45) is 0 Å². The number of hydrogen-bond donors (Lipinski definition) is 1. The third-order valence-electron chi connectivity index (χ3n) is 5.38. The fourth-order valence-electron chi connectivity index (χ4n) is 3.81. The lowest BCUT2D eigenvalue weighted by Gasteiger charge is -2.12. The highest BCUT2D eigenvalue weighted by Crippen LogP contribution is 2.43. The summed E-state index contributed by atoms with van der Waals surface area (Å²) in [5.74, 6) is 0.655. The van der Waals surface area contributed by atoms with Gasteiger partial charge in [0, 0.05) is 23.0 Å². The molecule has 0 unspecified atom stereocenters. The Kier molecular flexibility index (Phi) is 6.44. The molecule has 0 saturated heterocycles. The van der Waals surface area contributed by atoms with E-state index >= 15 is 0 Å². The highest BCUT2D eigenvalue weighted by Gasteiger charge is 2.36. The van der Waals surface area contributed by atoms with Gasteiger partial charge in [-0.1, -0.05) is 55.3 Å². The largest absolute Gasteiger partial charge is 0.488 e. The number of benzene rings is 2. The van der Waals surface area contributed by atoms with Crippen LogP contribution in [0.25, 0.3) is 11.1 Å². The molecule has 30 heavy (non-hydrogen) atoms. The van der Waals surface area contributed by atoms with Crippen molar-refractivity contribution in [1.82, 2.24) is 5.32 Å². The average molecular weight is 432 g/mol. The van der Waals surface area contributed by atoms with E-state index in [-0.39, 0.29) is 12.2 Å². The van der Waals surface area contributed by atoms with Crippen LogP contribution in [0.4, 0.5) is 13.2 Å². The number of ether oxygens (including phenoxy) is 1. The number of rotatable bonds is 7. The molecule has 3 aromatic rings. The molecular formula is C24H24F3NOS. The van der Waals surface area contributed by atoms with Crippen molar-refractivity contribution in [3.63, 3.8) is 0 Å². The maximum Gasteiger partial charge on any atom is 0.426 e. The maximum atomic E-state index is 13.5. The average Bonchev–Trinajstić information content (AvgIpc) is 3.42. The van der Waals surface area contributed by atoms with Crippen LogP contribution in [0.15, 0.2) is 60.7 Å². The zero-order valence-corrected chi connectivity index (χ0v) is 17.4. The Hall–Kier alpha value is -2.31. The zero-order chi connectivity index (χ0) is 21.0. The molecule has 0 spiro atoms. The van der Waals surface area contributed by atoms with Crippen molar-refractivity contribution in [1.29, 1.82) is 0 Å². The first-order valence-corrected chi connectivity index (χ1v) is 11.0. The number of halogens is 3. The van der Waals surface area contributed by atoms with E-state index < -0.39 is 11.1 Å². The van der Waals surface area contributed by atoms with E-state index in [4.69, 9.17) is 4.74 Å². The highest BCUT2D eigenvalue weighted by molar-refractivity contribution is 7.12. The summed E-state index contributed by atoms with van der Waals surface area (Å²) in [5, 5.41) is 3.57. The van der Waals surface area contributed by atoms with Crippen molar-refractivity contribution in [3.8, 4) is 16.9 Å². The number of nitrogens with one attached hydrogen (secondary N) is 1. The summed E-state index contributed by atoms with van der Waals surface area (Å²) in [7, 11) is 0. The van der Waals surface area contributed by atoms with Gasteiger partial charge in [-0.25, -0.2) is 0 Å². The van der Waals surface area contributed by atoms with E-state index in [1.165, 1.54) is 31.2 Å². The van der Waals surface area contributed by atoms with Gasteiger partial charge >= 0.3 is 6.18 Å². The Labute approximate surface area is 178 Å². The van der Waals surface area contributed by atoms with E-state index in [0.29, 0.717) is 22.2 Å². The van der Waals surface area contributed by atoms with Crippen LogP contribution in [0.2, 0.25) is 0 Å². The van der Waals surface area contributed by atoms with Gasteiger partial charge < -0.3 is 10.1 Å². The van der Waals surface area contributed by atoms with Gasteiger partial charge in [0.25, 0.3) is 0 Å². The minimum absolute atomic E-state index is 0.111. The molecule has 0 radical (unpaired) electrons.